The normalized spacial score (nSPS) is 12.0. The molecule has 2 rings (SSSR count). The van der Waals surface area contributed by atoms with Gasteiger partial charge in [0.1, 0.15) is 11.6 Å². The van der Waals surface area contributed by atoms with Gasteiger partial charge in [-0.25, -0.2) is 4.98 Å². The van der Waals surface area contributed by atoms with E-state index in [-0.39, 0.29) is 6.04 Å². The molecule has 20 heavy (non-hydrogen) atoms. The fraction of sp³-hybridized carbons (Fsp3) is 0.312. The Morgan fingerprint density at radius 2 is 2.05 bits per heavy atom. The molecule has 1 aromatic heterocycles. The fourth-order valence-electron chi connectivity index (χ4n) is 2.12. The van der Waals surface area contributed by atoms with Crippen molar-refractivity contribution in [3.05, 3.63) is 48.2 Å². The highest BCUT2D eigenvalue weighted by Gasteiger charge is 2.14. The first-order valence-electron chi connectivity index (χ1n) is 6.67. The van der Waals surface area contributed by atoms with Crippen LogP contribution < -0.4 is 15.0 Å². The van der Waals surface area contributed by atoms with Gasteiger partial charge in [-0.15, -0.1) is 0 Å². The average molecular weight is 271 g/mol. The first-order chi connectivity index (χ1) is 9.67. The molecule has 0 saturated heterocycles. The van der Waals surface area contributed by atoms with Crippen molar-refractivity contribution in [1.82, 2.24) is 10.3 Å². The minimum absolute atomic E-state index is 0.242. The molecular formula is C16H21N3O. The van der Waals surface area contributed by atoms with Gasteiger partial charge in [-0.05, 0) is 32.2 Å². The van der Waals surface area contributed by atoms with E-state index in [1.807, 2.05) is 50.6 Å². The SMILES string of the molecule is CNC(C)c1cccnc1N(C)c1cccc(OC)c1. The number of hydrogen-bond donors (Lipinski definition) is 1. The maximum atomic E-state index is 5.28. The third-order valence-corrected chi connectivity index (χ3v) is 3.47. The van der Waals surface area contributed by atoms with Gasteiger partial charge in [0.05, 0.1) is 7.11 Å². The molecule has 2 aromatic rings. The van der Waals surface area contributed by atoms with Crippen molar-refractivity contribution in [3.8, 4) is 5.75 Å². The van der Waals surface area contributed by atoms with E-state index in [1.165, 1.54) is 5.56 Å². The van der Waals surface area contributed by atoms with Crippen LogP contribution in [0.5, 0.6) is 5.75 Å². The van der Waals surface area contributed by atoms with Gasteiger partial charge in [0.2, 0.25) is 0 Å². The maximum absolute atomic E-state index is 5.28. The topological polar surface area (TPSA) is 37.4 Å². The van der Waals surface area contributed by atoms with Gasteiger partial charge in [-0.1, -0.05) is 12.1 Å². The highest BCUT2D eigenvalue weighted by molar-refractivity contribution is 5.64. The Kier molecular flexibility index (Phi) is 4.58. The van der Waals surface area contributed by atoms with Gasteiger partial charge in [-0.2, -0.15) is 0 Å². The van der Waals surface area contributed by atoms with Gasteiger partial charge < -0.3 is 15.0 Å². The number of methoxy groups -OCH3 is 1. The van der Waals surface area contributed by atoms with Crippen molar-refractivity contribution in [2.45, 2.75) is 13.0 Å². The second-order valence-electron chi connectivity index (χ2n) is 4.69. The van der Waals surface area contributed by atoms with E-state index in [0.717, 1.165) is 17.3 Å². The van der Waals surface area contributed by atoms with Gasteiger partial charge in [0.15, 0.2) is 0 Å². The molecule has 0 bridgehead atoms. The molecule has 106 valence electrons. The van der Waals surface area contributed by atoms with E-state index in [4.69, 9.17) is 4.74 Å². The van der Waals surface area contributed by atoms with Gasteiger partial charge in [-0.3, -0.25) is 0 Å². The summed E-state index contributed by atoms with van der Waals surface area (Å²) in [7, 11) is 5.64. The largest absolute Gasteiger partial charge is 0.497 e. The molecule has 1 atom stereocenters. The van der Waals surface area contributed by atoms with Crippen LogP contribution in [0.15, 0.2) is 42.6 Å². The Labute approximate surface area is 120 Å². The van der Waals surface area contributed by atoms with Crippen LogP contribution in [-0.2, 0) is 0 Å². The zero-order chi connectivity index (χ0) is 14.5. The van der Waals surface area contributed by atoms with E-state index in [9.17, 15) is 0 Å². The summed E-state index contributed by atoms with van der Waals surface area (Å²) in [5, 5.41) is 3.26. The van der Waals surface area contributed by atoms with Crippen LogP contribution in [0.3, 0.4) is 0 Å². The van der Waals surface area contributed by atoms with E-state index in [1.54, 1.807) is 7.11 Å². The molecule has 0 aliphatic carbocycles. The molecule has 0 amide bonds. The lowest BCUT2D eigenvalue weighted by molar-refractivity contribution is 0.415. The van der Waals surface area contributed by atoms with E-state index < -0.39 is 0 Å². The first-order valence-corrected chi connectivity index (χ1v) is 6.67. The Morgan fingerprint density at radius 3 is 2.75 bits per heavy atom. The Morgan fingerprint density at radius 1 is 1.25 bits per heavy atom. The molecule has 0 spiro atoms. The molecule has 0 aliphatic rings. The summed E-state index contributed by atoms with van der Waals surface area (Å²) in [6.07, 6.45) is 1.82. The summed E-state index contributed by atoms with van der Waals surface area (Å²) < 4.78 is 5.28. The Balaban J connectivity index is 2.40. The van der Waals surface area contributed by atoms with Crippen LogP contribution in [0.25, 0.3) is 0 Å². The van der Waals surface area contributed by atoms with Crippen LogP contribution in [0.4, 0.5) is 11.5 Å². The summed E-state index contributed by atoms with van der Waals surface area (Å²) in [5.74, 6) is 1.79. The van der Waals surface area contributed by atoms with E-state index in [0.29, 0.717) is 0 Å². The molecular weight excluding hydrogens is 250 g/mol. The van der Waals surface area contributed by atoms with E-state index in [2.05, 4.69) is 28.2 Å². The number of ether oxygens (including phenoxy) is 1. The molecule has 0 aliphatic heterocycles. The number of rotatable bonds is 5. The van der Waals surface area contributed by atoms with Gasteiger partial charge in [0.25, 0.3) is 0 Å². The van der Waals surface area contributed by atoms with Crippen molar-refractivity contribution < 1.29 is 4.74 Å². The zero-order valence-corrected chi connectivity index (χ0v) is 12.4. The average Bonchev–Trinajstić information content (AvgIpc) is 2.53. The van der Waals surface area contributed by atoms with Crippen molar-refractivity contribution in [3.63, 3.8) is 0 Å². The molecule has 0 fully saturated rings. The Hall–Kier alpha value is -2.07. The number of nitrogens with one attached hydrogen (secondary N) is 1. The lowest BCUT2D eigenvalue weighted by Crippen LogP contribution is -2.19. The third kappa shape index (κ3) is 2.91. The summed E-state index contributed by atoms with van der Waals surface area (Å²) in [4.78, 5) is 6.60. The summed E-state index contributed by atoms with van der Waals surface area (Å²) in [6, 6.07) is 12.3. The van der Waals surface area contributed by atoms with Crippen molar-refractivity contribution in [1.29, 1.82) is 0 Å². The maximum Gasteiger partial charge on any atom is 0.137 e. The van der Waals surface area contributed by atoms with Crippen LogP contribution in [0.2, 0.25) is 0 Å². The quantitative estimate of drug-likeness (QED) is 0.906. The van der Waals surface area contributed by atoms with Crippen LogP contribution in [-0.4, -0.2) is 26.2 Å². The lowest BCUT2D eigenvalue weighted by atomic mass is 10.1. The molecule has 1 aromatic carbocycles. The van der Waals surface area contributed by atoms with Crippen molar-refractivity contribution in [2.75, 3.05) is 26.1 Å². The highest BCUT2D eigenvalue weighted by atomic mass is 16.5. The van der Waals surface area contributed by atoms with Crippen molar-refractivity contribution in [2.24, 2.45) is 0 Å². The minimum Gasteiger partial charge on any atom is -0.497 e. The number of anilines is 2. The molecule has 0 saturated carbocycles. The van der Waals surface area contributed by atoms with Crippen molar-refractivity contribution >= 4 is 11.5 Å². The Bertz CT molecular complexity index is 571. The van der Waals surface area contributed by atoms with Gasteiger partial charge >= 0.3 is 0 Å². The number of benzene rings is 1. The summed E-state index contributed by atoms with van der Waals surface area (Å²) in [6.45, 7) is 2.12. The number of pyridine rings is 1. The van der Waals surface area contributed by atoms with Crippen LogP contribution in [0, 0.1) is 0 Å². The number of hydrogen-bond acceptors (Lipinski definition) is 4. The van der Waals surface area contributed by atoms with E-state index >= 15 is 0 Å². The van der Waals surface area contributed by atoms with Crippen LogP contribution >= 0.6 is 0 Å². The van der Waals surface area contributed by atoms with Gasteiger partial charge in [0, 0.05) is 36.6 Å². The smallest absolute Gasteiger partial charge is 0.137 e. The molecule has 1 N–H and O–H groups in total. The molecule has 4 heteroatoms. The molecule has 0 radical (unpaired) electrons. The fourth-order valence-corrected chi connectivity index (χ4v) is 2.12. The number of aromatic nitrogens is 1. The predicted molar refractivity (Wildman–Crippen MR) is 82.8 cm³/mol. The predicted octanol–water partition coefficient (Wildman–Crippen LogP) is 3.14. The zero-order valence-electron chi connectivity index (χ0n) is 12.4. The highest BCUT2D eigenvalue weighted by Crippen LogP contribution is 2.30. The monoisotopic (exact) mass is 271 g/mol. The molecule has 1 heterocycles. The first kappa shape index (κ1) is 14.3. The summed E-state index contributed by atoms with van der Waals surface area (Å²) >= 11 is 0. The molecule has 4 nitrogen and oxygen atoms in total. The molecule has 1 unspecified atom stereocenters. The number of nitrogens with zero attached hydrogens (tertiary/aromatic N) is 2. The second kappa shape index (κ2) is 6.39. The van der Waals surface area contributed by atoms with Crippen LogP contribution in [0.1, 0.15) is 18.5 Å². The minimum atomic E-state index is 0.242. The lowest BCUT2D eigenvalue weighted by Gasteiger charge is -2.24. The third-order valence-electron chi connectivity index (χ3n) is 3.47. The standard InChI is InChI=1S/C16H21N3O/c1-12(17-2)15-9-6-10-18-16(15)19(3)13-7-5-8-14(11-13)20-4/h5-12,17H,1-4H3. The summed E-state index contributed by atoms with van der Waals surface area (Å²) in [5.41, 5.74) is 2.22. The second-order valence-corrected chi connectivity index (χ2v) is 4.69.